The molecule has 0 unspecified atom stereocenters. The number of pyridine rings is 2. The van der Waals surface area contributed by atoms with Crippen molar-refractivity contribution < 1.29 is 38.6 Å². The molecule has 0 saturated carbocycles. The first-order chi connectivity index (χ1) is 27.0. The lowest BCUT2D eigenvalue weighted by molar-refractivity contribution is -0.172. The number of rotatable bonds is 16. The molecule has 0 bridgehead atoms. The highest BCUT2D eigenvalue weighted by atomic mass is 35.5. The van der Waals surface area contributed by atoms with Crippen LogP contribution in [0.4, 0.5) is 0 Å². The highest BCUT2D eigenvalue weighted by Gasteiger charge is 2.45. The van der Waals surface area contributed by atoms with Crippen molar-refractivity contribution in [3.8, 4) is 17.1 Å². The normalized spacial score (nSPS) is 15.5. The second-order valence-electron chi connectivity index (χ2n) is 13.6. The van der Waals surface area contributed by atoms with Gasteiger partial charge in [-0.1, -0.05) is 44.2 Å². The number of amides is 4. The van der Waals surface area contributed by atoms with Crippen LogP contribution in [0.3, 0.4) is 0 Å². The Morgan fingerprint density at radius 3 is 2.46 bits per heavy atom. The van der Waals surface area contributed by atoms with Gasteiger partial charge < -0.3 is 46.1 Å². The Morgan fingerprint density at radius 1 is 0.982 bits per heavy atom. The Bertz CT molecular complexity index is 2250. The third kappa shape index (κ3) is 9.09. The number of aliphatic hydroxyl groups is 1. The maximum absolute atomic E-state index is 13.6. The van der Waals surface area contributed by atoms with Gasteiger partial charge in [0.05, 0.1) is 55.3 Å². The maximum Gasteiger partial charge on any atom is 0.343 e. The topological polar surface area (TPSA) is 233 Å². The highest BCUT2D eigenvalue weighted by molar-refractivity contribution is 5.93. The third-order valence-corrected chi connectivity index (χ3v) is 10.0. The molecule has 2 atom stereocenters. The van der Waals surface area contributed by atoms with Gasteiger partial charge in [0.25, 0.3) is 5.56 Å². The number of esters is 1. The van der Waals surface area contributed by atoms with E-state index in [1.54, 1.807) is 23.6 Å². The van der Waals surface area contributed by atoms with E-state index in [0.29, 0.717) is 42.0 Å². The summed E-state index contributed by atoms with van der Waals surface area (Å²) < 4.78 is 12.8. The van der Waals surface area contributed by atoms with Gasteiger partial charge in [0.1, 0.15) is 18.4 Å². The van der Waals surface area contributed by atoms with E-state index in [9.17, 15) is 33.9 Å². The lowest BCUT2D eigenvalue weighted by Gasteiger charge is -2.31. The number of nitrogens with one attached hydrogen (secondary N) is 4. The van der Waals surface area contributed by atoms with E-state index >= 15 is 0 Å². The summed E-state index contributed by atoms with van der Waals surface area (Å²) in [5, 5.41) is 22.3. The average molecular weight is 804 g/mol. The molecule has 17 heteroatoms. The number of hydrogen-bond acceptors (Lipinski definition) is 11. The van der Waals surface area contributed by atoms with E-state index in [4.69, 9.17) is 20.2 Å². The molecule has 4 aromatic rings. The van der Waals surface area contributed by atoms with Gasteiger partial charge in [0.2, 0.25) is 23.6 Å². The van der Waals surface area contributed by atoms with Crippen molar-refractivity contribution in [3.63, 3.8) is 0 Å². The summed E-state index contributed by atoms with van der Waals surface area (Å²) in [6.07, 6.45) is 1.37. The average Bonchev–Trinajstić information content (AvgIpc) is 3.57. The van der Waals surface area contributed by atoms with Gasteiger partial charge in [-0.15, -0.1) is 12.4 Å². The number of nitrogens with two attached hydrogens (primary N) is 1. The molecule has 302 valence electrons. The minimum Gasteiger partial charge on any atom is -0.494 e. The molecule has 57 heavy (non-hydrogen) atoms. The first kappa shape index (κ1) is 42.3. The van der Waals surface area contributed by atoms with Gasteiger partial charge >= 0.3 is 5.97 Å². The number of aryl methyl sites for hydroxylation is 1. The molecule has 16 nitrogen and oxygen atoms in total. The Hall–Kier alpha value is -5.84. The SMILES string of the molecule is CCc1c2c(nc3ccc(OCCCNC(=O)CNC(=O)[C@@H](Cc4ccccc4)NC(=O)CNC(=O)CN)cc13)-c1cc3c(c(=O)n1C2)COC(=O)[C@]3(O)CC.Cl. The molecule has 7 N–H and O–H groups in total. The molecular formula is C40H46ClN7O9. The molecule has 2 aromatic carbocycles. The number of fused-ring (bicyclic) bond motifs is 5. The lowest BCUT2D eigenvalue weighted by atomic mass is 9.86. The molecule has 4 heterocycles. The summed E-state index contributed by atoms with van der Waals surface area (Å²) in [6, 6.07) is 15.3. The van der Waals surface area contributed by atoms with Crippen molar-refractivity contribution in [2.45, 2.75) is 64.3 Å². The summed E-state index contributed by atoms with van der Waals surface area (Å²) in [5.41, 5.74) is 8.17. The van der Waals surface area contributed by atoms with Crippen LogP contribution in [0, 0.1) is 0 Å². The third-order valence-electron chi connectivity index (χ3n) is 10.0. The number of carbonyl (C=O) groups is 5. The zero-order valence-corrected chi connectivity index (χ0v) is 32.5. The van der Waals surface area contributed by atoms with Crippen LogP contribution in [-0.2, 0) is 60.3 Å². The van der Waals surface area contributed by atoms with Crippen molar-refractivity contribution in [2.24, 2.45) is 5.73 Å². The summed E-state index contributed by atoms with van der Waals surface area (Å²) in [4.78, 5) is 80.5. The highest BCUT2D eigenvalue weighted by Crippen LogP contribution is 2.40. The zero-order chi connectivity index (χ0) is 40.0. The van der Waals surface area contributed by atoms with Crippen molar-refractivity contribution in [1.29, 1.82) is 0 Å². The second kappa shape index (κ2) is 18.4. The number of hydrogen-bond donors (Lipinski definition) is 6. The van der Waals surface area contributed by atoms with Gasteiger partial charge in [-0.3, -0.25) is 24.0 Å². The van der Waals surface area contributed by atoms with Crippen LogP contribution in [0.15, 0.2) is 59.4 Å². The van der Waals surface area contributed by atoms with E-state index in [2.05, 4.69) is 21.3 Å². The number of carbonyl (C=O) groups excluding carboxylic acids is 5. The van der Waals surface area contributed by atoms with E-state index in [1.165, 1.54) is 0 Å². The van der Waals surface area contributed by atoms with Gasteiger partial charge in [-0.25, -0.2) is 9.78 Å². The second-order valence-corrected chi connectivity index (χ2v) is 13.6. The first-order valence-corrected chi connectivity index (χ1v) is 18.6. The largest absolute Gasteiger partial charge is 0.494 e. The van der Waals surface area contributed by atoms with Gasteiger partial charge in [-0.05, 0) is 54.7 Å². The number of benzene rings is 2. The summed E-state index contributed by atoms with van der Waals surface area (Å²) >= 11 is 0. The van der Waals surface area contributed by atoms with Crippen LogP contribution in [0.25, 0.3) is 22.3 Å². The standard InChI is InChI=1S/C40H45N7O9.ClH/c1-3-25-26-16-24(11-12-30(26)46-36-27(25)21-47-32(36)17-29-28(38(47)52)22-56-39(53)40(29,54)4-2)55-14-8-13-42-34(49)19-44-37(51)31(15-23-9-6-5-7-10-23)45-35(50)20-43-33(48)18-41;/h5-7,9-12,16-17,31,54H,3-4,8,13-15,18-22,41H2,1-2H3,(H,42,49)(H,43,48)(H,44,51)(H,45,50);1H/t31-,40+;/m1./s1. The molecule has 0 fully saturated rings. The number of ether oxygens (including phenoxy) is 2. The molecule has 2 aliphatic heterocycles. The molecule has 0 radical (unpaired) electrons. The molecule has 2 aromatic heterocycles. The Labute approximate surface area is 334 Å². The molecule has 0 saturated heterocycles. The molecule has 6 rings (SSSR count). The molecule has 0 aliphatic carbocycles. The van der Waals surface area contributed by atoms with Crippen molar-refractivity contribution in [2.75, 3.05) is 32.8 Å². The minimum atomic E-state index is -1.90. The smallest absolute Gasteiger partial charge is 0.343 e. The van der Waals surface area contributed by atoms with Gasteiger partial charge in [0.15, 0.2) is 5.60 Å². The van der Waals surface area contributed by atoms with Crippen LogP contribution in [0.5, 0.6) is 5.75 Å². The zero-order valence-electron chi connectivity index (χ0n) is 31.6. The number of aromatic nitrogens is 2. The number of halogens is 1. The van der Waals surface area contributed by atoms with Crippen molar-refractivity contribution in [1.82, 2.24) is 30.8 Å². The van der Waals surface area contributed by atoms with E-state index in [0.717, 1.165) is 22.1 Å². The monoisotopic (exact) mass is 803 g/mol. The molecule has 4 amide bonds. The van der Waals surface area contributed by atoms with E-state index in [1.807, 2.05) is 49.4 Å². The summed E-state index contributed by atoms with van der Waals surface area (Å²) in [7, 11) is 0. The quantitative estimate of drug-likeness (QED) is 0.0605. The lowest BCUT2D eigenvalue weighted by Crippen LogP contribution is -2.52. The molecular weight excluding hydrogens is 758 g/mol. The number of nitrogens with zero attached hydrogens (tertiary/aromatic N) is 2. The summed E-state index contributed by atoms with van der Waals surface area (Å²) in [6.45, 7) is 3.44. The van der Waals surface area contributed by atoms with Crippen LogP contribution in [0.1, 0.15) is 54.5 Å². The predicted octanol–water partition coefficient (Wildman–Crippen LogP) is 0.868. The number of cyclic esters (lactones) is 1. The van der Waals surface area contributed by atoms with E-state index < -0.39 is 41.2 Å². The Morgan fingerprint density at radius 2 is 1.74 bits per heavy atom. The Balaban J connectivity index is 0.00000620. The van der Waals surface area contributed by atoms with Gasteiger partial charge in [0, 0.05) is 29.5 Å². The maximum atomic E-state index is 13.6. The fourth-order valence-corrected chi connectivity index (χ4v) is 7.03. The van der Waals surface area contributed by atoms with Gasteiger partial charge in [-0.2, -0.15) is 0 Å². The minimum absolute atomic E-state index is 0. The van der Waals surface area contributed by atoms with Crippen LogP contribution in [0.2, 0.25) is 0 Å². The van der Waals surface area contributed by atoms with E-state index in [-0.39, 0.29) is 81.3 Å². The van der Waals surface area contributed by atoms with Crippen LogP contribution < -0.4 is 37.3 Å². The molecule has 2 aliphatic rings. The predicted molar refractivity (Wildman–Crippen MR) is 211 cm³/mol. The van der Waals surface area contributed by atoms with Crippen molar-refractivity contribution in [3.05, 3.63) is 92.8 Å². The van der Waals surface area contributed by atoms with Crippen molar-refractivity contribution >= 4 is 52.9 Å². The fourth-order valence-electron chi connectivity index (χ4n) is 7.03. The Kier molecular flexibility index (Phi) is 13.7. The van der Waals surface area contributed by atoms with Crippen LogP contribution >= 0.6 is 12.4 Å². The molecule has 0 spiro atoms. The fraction of sp³-hybridized carbons (Fsp3) is 0.375. The summed E-state index contributed by atoms with van der Waals surface area (Å²) in [5.74, 6) is -2.23. The first-order valence-electron chi connectivity index (χ1n) is 18.6. The van der Waals surface area contributed by atoms with Crippen LogP contribution in [-0.4, -0.2) is 83.1 Å².